The van der Waals surface area contributed by atoms with E-state index in [1.807, 2.05) is 19.1 Å². The first-order valence-electron chi connectivity index (χ1n) is 15.1. The van der Waals surface area contributed by atoms with Crippen LogP contribution in [0.25, 0.3) is 11.3 Å². The van der Waals surface area contributed by atoms with Gasteiger partial charge in [0, 0.05) is 23.5 Å². The maximum absolute atomic E-state index is 13.1. The highest BCUT2D eigenvalue weighted by molar-refractivity contribution is 5.72. The molecule has 1 aliphatic rings. The van der Waals surface area contributed by atoms with Gasteiger partial charge < -0.3 is 19.9 Å². The lowest BCUT2D eigenvalue weighted by atomic mass is 9.73. The number of anilines is 2. The number of hydrogen-bond donors (Lipinski definition) is 2. The number of alkyl halides is 2. The summed E-state index contributed by atoms with van der Waals surface area (Å²) in [6, 6.07) is 9.87. The van der Waals surface area contributed by atoms with Gasteiger partial charge in [0.15, 0.2) is 6.54 Å². The minimum Gasteiger partial charge on any atom is -0.462 e. The summed E-state index contributed by atoms with van der Waals surface area (Å²) >= 11 is 0. The number of pyridine rings is 3. The van der Waals surface area contributed by atoms with Crippen molar-refractivity contribution >= 4 is 23.6 Å². The molecule has 0 amide bonds. The van der Waals surface area contributed by atoms with Crippen molar-refractivity contribution in [3.8, 4) is 11.3 Å². The van der Waals surface area contributed by atoms with E-state index >= 15 is 0 Å². The fraction of sp³-hybridized carbons (Fsp3) is 0.485. The normalized spacial score (nSPS) is 18.2. The van der Waals surface area contributed by atoms with Crippen LogP contribution < -0.4 is 5.32 Å². The van der Waals surface area contributed by atoms with Gasteiger partial charge in [-0.3, -0.25) is 14.3 Å². The van der Waals surface area contributed by atoms with Crippen molar-refractivity contribution in [3.63, 3.8) is 0 Å². The van der Waals surface area contributed by atoms with E-state index in [0.717, 1.165) is 11.1 Å². The number of halogens is 2. The summed E-state index contributed by atoms with van der Waals surface area (Å²) in [5.74, 6) is -0.271. The zero-order valence-electron chi connectivity index (χ0n) is 26.4. The average molecular weight is 627 g/mol. The fourth-order valence-electron chi connectivity index (χ4n) is 5.56. The van der Waals surface area contributed by atoms with E-state index in [4.69, 9.17) is 9.47 Å². The molecule has 10 nitrogen and oxygen atoms in total. The number of esters is 2. The van der Waals surface area contributed by atoms with E-state index in [0.29, 0.717) is 49.5 Å². The Hall–Kier alpha value is -4.03. The van der Waals surface area contributed by atoms with Crippen molar-refractivity contribution in [3.05, 3.63) is 65.6 Å². The Morgan fingerprint density at radius 1 is 1.07 bits per heavy atom. The maximum Gasteiger partial charge on any atom is 0.361 e. The molecule has 0 radical (unpaired) electrons. The van der Waals surface area contributed by atoms with Crippen LogP contribution in [-0.4, -0.2) is 70.5 Å². The summed E-state index contributed by atoms with van der Waals surface area (Å²) in [6.07, 6.45) is 2.81. The van der Waals surface area contributed by atoms with Gasteiger partial charge in [-0.15, -0.1) is 0 Å². The topological polar surface area (TPSA) is 124 Å². The molecule has 1 fully saturated rings. The number of aromatic nitrogens is 3. The van der Waals surface area contributed by atoms with Gasteiger partial charge in [-0.25, -0.2) is 23.5 Å². The van der Waals surface area contributed by atoms with E-state index < -0.39 is 12.0 Å². The SMILES string of the molecule is CCOC(=O)C[N+](C)(C)COC(=O)[C@H]1CC[C@H]([C@@](C)(O)c2ccc(-c3cc(C)cc(Nc4cc(C(F)F)ccn4)n3)cn2)CC1. The number of rotatable bonds is 12. The summed E-state index contributed by atoms with van der Waals surface area (Å²) in [5, 5.41) is 14.5. The third-order valence-corrected chi connectivity index (χ3v) is 8.11. The summed E-state index contributed by atoms with van der Waals surface area (Å²) in [6.45, 7) is 5.88. The molecule has 45 heavy (non-hydrogen) atoms. The molecule has 0 unspecified atom stereocenters. The highest BCUT2D eigenvalue weighted by atomic mass is 19.3. The van der Waals surface area contributed by atoms with Crippen molar-refractivity contribution in [2.45, 2.75) is 58.5 Å². The minimum atomic E-state index is -2.60. The Balaban J connectivity index is 1.36. The summed E-state index contributed by atoms with van der Waals surface area (Å²) < 4.78 is 36.9. The Morgan fingerprint density at radius 3 is 2.44 bits per heavy atom. The molecular formula is C33H42F2N5O5+. The summed E-state index contributed by atoms with van der Waals surface area (Å²) in [4.78, 5) is 37.9. The van der Waals surface area contributed by atoms with Gasteiger partial charge in [-0.05, 0) is 94.3 Å². The molecule has 0 aromatic carbocycles. The summed E-state index contributed by atoms with van der Waals surface area (Å²) in [7, 11) is 3.60. The zero-order chi connectivity index (χ0) is 32.8. The van der Waals surface area contributed by atoms with Gasteiger partial charge in [0.2, 0.25) is 6.73 Å². The van der Waals surface area contributed by atoms with Crippen LogP contribution in [-0.2, 0) is 24.7 Å². The average Bonchev–Trinajstić information content (AvgIpc) is 2.99. The number of hydrogen-bond acceptors (Lipinski definition) is 9. The van der Waals surface area contributed by atoms with Crippen molar-refractivity contribution in [2.75, 3.05) is 39.3 Å². The first-order chi connectivity index (χ1) is 21.3. The highest BCUT2D eigenvalue weighted by Crippen LogP contribution is 2.41. The summed E-state index contributed by atoms with van der Waals surface area (Å²) in [5.41, 5.74) is 1.44. The van der Waals surface area contributed by atoms with E-state index in [1.54, 1.807) is 46.3 Å². The molecule has 0 aliphatic heterocycles. The molecule has 0 saturated heterocycles. The smallest absolute Gasteiger partial charge is 0.361 e. The molecular weight excluding hydrogens is 584 g/mol. The molecule has 3 heterocycles. The number of nitrogens with zero attached hydrogens (tertiary/aromatic N) is 4. The number of likely N-dealkylation sites (N-methyl/N-ethyl adjacent to an activating group) is 1. The fourth-order valence-corrected chi connectivity index (χ4v) is 5.56. The van der Waals surface area contributed by atoms with E-state index in [9.17, 15) is 23.5 Å². The predicted octanol–water partition coefficient (Wildman–Crippen LogP) is 5.68. The molecule has 12 heteroatoms. The lowest BCUT2D eigenvalue weighted by Crippen LogP contribution is -2.47. The third kappa shape index (κ3) is 9.01. The van der Waals surface area contributed by atoms with E-state index in [2.05, 4.69) is 20.3 Å². The van der Waals surface area contributed by atoms with E-state index in [1.165, 1.54) is 18.3 Å². The molecule has 242 valence electrons. The number of aliphatic hydroxyl groups is 1. The molecule has 2 N–H and O–H groups in total. The molecule has 1 aliphatic carbocycles. The first kappa shape index (κ1) is 33.9. The van der Waals surface area contributed by atoms with Crippen LogP contribution in [0.5, 0.6) is 0 Å². The largest absolute Gasteiger partial charge is 0.462 e. The number of carbonyl (C=O) groups is 2. The molecule has 1 saturated carbocycles. The van der Waals surface area contributed by atoms with Crippen molar-refractivity contribution in [1.82, 2.24) is 15.0 Å². The zero-order valence-corrected chi connectivity index (χ0v) is 26.4. The Bertz CT molecular complexity index is 1470. The first-order valence-corrected chi connectivity index (χ1v) is 15.1. The van der Waals surface area contributed by atoms with Crippen molar-refractivity contribution < 1.29 is 37.4 Å². The number of carbonyl (C=O) groups excluding carboxylic acids is 2. The minimum absolute atomic E-state index is 0.0711. The molecule has 3 aromatic rings. The second kappa shape index (κ2) is 14.4. The van der Waals surface area contributed by atoms with Crippen LogP contribution in [0.4, 0.5) is 20.4 Å². The second-order valence-corrected chi connectivity index (χ2v) is 12.4. The second-order valence-electron chi connectivity index (χ2n) is 12.4. The van der Waals surface area contributed by atoms with Crippen LogP contribution in [0.2, 0.25) is 0 Å². The van der Waals surface area contributed by atoms with Gasteiger partial charge >= 0.3 is 11.9 Å². The van der Waals surface area contributed by atoms with Crippen LogP contribution in [0.1, 0.15) is 62.8 Å². The number of nitrogens with one attached hydrogen (secondary N) is 1. The van der Waals surface area contributed by atoms with Crippen molar-refractivity contribution in [1.29, 1.82) is 0 Å². The quantitative estimate of drug-likeness (QED) is 0.148. The number of quaternary nitrogens is 1. The van der Waals surface area contributed by atoms with Crippen LogP contribution >= 0.6 is 0 Å². The highest BCUT2D eigenvalue weighted by Gasteiger charge is 2.39. The molecule has 3 aromatic heterocycles. The molecule has 0 bridgehead atoms. The van der Waals surface area contributed by atoms with Gasteiger partial charge in [0.25, 0.3) is 6.43 Å². The molecule has 1 atom stereocenters. The Morgan fingerprint density at radius 2 is 1.80 bits per heavy atom. The number of aryl methyl sites for hydroxylation is 1. The third-order valence-electron chi connectivity index (χ3n) is 8.11. The predicted molar refractivity (Wildman–Crippen MR) is 164 cm³/mol. The Kier molecular flexibility index (Phi) is 10.8. The molecule has 0 spiro atoms. The van der Waals surface area contributed by atoms with Crippen LogP contribution in [0.3, 0.4) is 0 Å². The monoisotopic (exact) mass is 626 g/mol. The van der Waals surface area contributed by atoms with Crippen LogP contribution in [0, 0.1) is 18.8 Å². The van der Waals surface area contributed by atoms with Gasteiger partial charge in [-0.1, -0.05) is 0 Å². The maximum atomic E-state index is 13.1. The van der Waals surface area contributed by atoms with Crippen molar-refractivity contribution in [2.24, 2.45) is 11.8 Å². The van der Waals surface area contributed by atoms with Gasteiger partial charge in [0.1, 0.15) is 17.2 Å². The van der Waals surface area contributed by atoms with Gasteiger partial charge in [0.05, 0.1) is 38.0 Å². The molecule has 4 rings (SSSR count). The lowest BCUT2D eigenvalue weighted by Gasteiger charge is -2.37. The Labute approximate surface area is 262 Å². The number of ether oxygens (including phenoxy) is 2. The lowest BCUT2D eigenvalue weighted by molar-refractivity contribution is -0.900. The van der Waals surface area contributed by atoms with Gasteiger partial charge in [-0.2, -0.15) is 0 Å². The van der Waals surface area contributed by atoms with E-state index in [-0.39, 0.29) is 52.9 Å². The van der Waals surface area contributed by atoms with Crippen LogP contribution in [0.15, 0.2) is 48.8 Å². The standard InChI is InChI=1S/C33H42F2N5O5/c1-6-44-30(41)19-40(4,5)20-45-32(42)22-7-10-25(11-8-22)33(3,43)27-12-9-24(18-37-27)26-15-21(2)16-29(38-26)39-28-17-23(31(34)35)13-14-36-28/h9,12-18,22,25,31,43H,6-8,10-11,19-20H2,1-5H3,(H,36,38,39)/q+1/t22-,25-,33-/m1/s1.